The highest BCUT2D eigenvalue weighted by Gasteiger charge is 2.25. The van der Waals surface area contributed by atoms with Crippen LogP contribution in [-0.4, -0.2) is 43.2 Å². The number of carbonyl (C=O) groups excluding carboxylic acids is 1. The van der Waals surface area contributed by atoms with Gasteiger partial charge < -0.3 is 4.90 Å². The fourth-order valence-electron chi connectivity index (χ4n) is 3.93. The van der Waals surface area contributed by atoms with Gasteiger partial charge in [0.2, 0.25) is 5.91 Å². The lowest BCUT2D eigenvalue weighted by atomic mass is 9.92. The molecule has 140 valence electrons. The summed E-state index contributed by atoms with van der Waals surface area (Å²) in [6.07, 6.45) is 4.10. The van der Waals surface area contributed by atoms with E-state index in [9.17, 15) is 9.59 Å². The van der Waals surface area contributed by atoms with E-state index >= 15 is 0 Å². The number of hydrogen-bond acceptors (Lipinski definition) is 4. The van der Waals surface area contributed by atoms with Crippen LogP contribution in [0.4, 0.5) is 0 Å². The van der Waals surface area contributed by atoms with Crippen molar-refractivity contribution in [3.05, 3.63) is 53.2 Å². The Morgan fingerprint density at radius 2 is 1.85 bits per heavy atom. The second-order valence-electron chi connectivity index (χ2n) is 7.55. The number of benzene rings is 1. The van der Waals surface area contributed by atoms with Gasteiger partial charge in [-0.1, -0.05) is 32.0 Å². The second kappa shape index (κ2) is 6.98. The first-order valence-electron chi connectivity index (χ1n) is 9.29. The normalized spacial score (nSPS) is 20.1. The summed E-state index contributed by atoms with van der Waals surface area (Å²) >= 11 is 0. The molecule has 2 aromatic heterocycles. The van der Waals surface area contributed by atoms with Gasteiger partial charge >= 0.3 is 0 Å². The third kappa shape index (κ3) is 3.37. The molecule has 2 atom stereocenters. The van der Waals surface area contributed by atoms with Crippen LogP contribution in [0, 0.1) is 11.8 Å². The van der Waals surface area contributed by atoms with Crippen LogP contribution in [0.5, 0.6) is 0 Å². The minimum absolute atomic E-state index is 0.0116. The predicted octanol–water partition coefficient (Wildman–Crippen LogP) is 2.09. The Bertz CT molecular complexity index is 1010. The molecule has 0 N–H and O–H groups in total. The van der Waals surface area contributed by atoms with Gasteiger partial charge in [-0.05, 0) is 30.4 Å². The molecule has 3 heterocycles. The molecule has 0 saturated carbocycles. The van der Waals surface area contributed by atoms with E-state index in [1.807, 2.05) is 35.2 Å². The fourth-order valence-corrected chi connectivity index (χ4v) is 3.93. The minimum Gasteiger partial charge on any atom is -0.341 e. The lowest BCUT2D eigenvalue weighted by molar-refractivity contribution is -0.134. The van der Waals surface area contributed by atoms with Crippen molar-refractivity contribution in [2.24, 2.45) is 11.8 Å². The second-order valence-corrected chi connectivity index (χ2v) is 7.55. The Morgan fingerprint density at radius 3 is 2.56 bits per heavy atom. The Morgan fingerprint density at radius 1 is 1.15 bits per heavy atom. The van der Waals surface area contributed by atoms with Crippen molar-refractivity contribution in [2.75, 3.05) is 13.1 Å². The molecule has 0 unspecified atom stereocenters. The zero-order valence-electron chi connectivity index (χ0n) is 15.6. The van der Waals surface area contributed by atoms with Gasteiger partial charge in [-0.15, -0.1) is 0 Å². The molecule has 0 aliphatic carbocycles. The SMILES string of the molecule is C[C@@H]1C[C@@H](C)CN(C(=O)Cn2cnc3c(cnn3-c3ccccc3)c2=O)C1. The van der Waals surface area contributed by atoms with Crippen molar-refractivity contribution in [1.29, 1.82) is 0 Å². The number of nitrogens with zero attached hydrogens (tertiary/aromatic N) is 5. The molecule has 0 bridgehead atoms. The quantitative estimate of drug-likeness (QED) is 0.712. The van der Waals surface area contributed by atoms with Crippen LogP contribution in [-0.2, 0) is 11.3 Å². The summed E-state index contributed by atoms with van der Waals surface area (Å²) in [6.45, 7) is 5.83. The summed E-state index contributed by atoms with van der Waals surface area (Å²) in [4.78, 5) is 31.8. The zero-order chi connectivity index (χ0) is 19.0. The molecule has 1 aromatic carbocycles. The molecule has 1 amide bonds. The summed E-state index contributed by atoms with van der Waals surface area (Å²) in [5.74, 6) is 0.936. The summed E-state index contributed by atoms with van der Waals surface area (Å²) in [5, 5.41) is 4.71. The molecular formula is C20H23N5O2. The predicted molar refractivity (Wildman–Crippen MR) is 103 cm³/mol. The third-order valence-electron chi connectivity index (χ3n) is 5.08. The molecule has 0 spiro atoms. The number of hydrogen-bond donors (Lipinski definition) is 0. The van der Waals surface area contributed by atoms with Gasteiger partial charge in [0.1, 0.15) is 18.3 Å². The molecule has 3 aromatic rings. The molecule has 7 heteroatoms. The van der Waals surface area contributed by atoms with Crippen LogP contribution < -0.4 is 5.56 Å². The van der Waals surface area contributed by atoms with E-state index in [0.29, 0.717) is 22.9 Å². The number of rotatable bonds is 3. The number of piperidine rings is 1. The monoisotopic (exact) mass is 365 g/mol. The van der Waals surface area contributed by atoms with Crippen LogP contribution in [0.25, 0.3) is 16.7 Å². The van der Waals surface area contributed by atoms with Gasteiger partial charge in [0, 0.05) is 13.1 Å². The molecule has 1 aliphatic heterocycles. The smallest absolute Gasteiger partial charge is 0.264 e. The van der Waals surface area contributed by atoms with Gasteiger partial charge in [-0.25, -0.2) is 9.67 Å². The van der Waals surface area contributed by atoms with Crippen molar-refractivity contribution in [1.82, 2.24) is 24.2 Å². The van der Waals surface area contributed by atoms with Gasteiger partial charge in [-0.2, -0.15) is 5.10 Å². The molecule has 1 aliphatic rings. The van der Waals surface area contributed by atoms with E-state index in [0.717, 1.165) is 25.2 Å². The number of carbonyl (C=O) groups is 1. The van der Waals surface area contributed by atoms with E-state index in [1.165, 1.54) is 17.1 Å². The lowest BCUT2D eigenvalue weighted by Crippen LogP contribution is -2.44. The molecule has 27 heavy (non-hydrogen) atoms. The Labute approximate surface area is 157 Å². The largest absolute Gasteiger partial charge is 0.341 e. The Kier molecular flexibility index (Phi) is 4.51. The van der Waals surface area contributed by atoms with E-state index in [-0.39, 0.29) is 18.0 Å². The van der Waals surface area contributed by atoms with Crippen molar-refractivity contribution >= 4 is 16.9 Å². The Balaban J connectivity index is 1.61. The Hall–Kier alpha value is -2.96. The highest BCUT2D eigenvalue weighted by atomic mass is 16.2. The highest BCUT2D eigenvalue weighted by molar-refractivity contribution is 5.78. The number of likely N-dealkylation sites (tertiary alicyclic amines) is 1. The fraction of sp³-hybridized carbons (Fsp3) is 0.400. The number of fused-ring (bicyclic) bond motifs is 1. The van der Waals surface area contributed by atoms with Gasteiger partial charge in [0.25, 0.3) is 5.56 Å². The van der Waals surface area contributed by atoms with Crippen molar-refractivity contribution in [3.63, 3.8) is 0 Å². The average molecular weight is 365 g/mol. The first-order valence-corrected chi connectivity index (χ1v) is 9.29. The first-order chi connectivity index (χ1) is 13.0. The van der Waals surface area contributed by atoms with E-state index in [4.69, 9.17) is 0 Å². The van der Waals surface area contributed by atoms with Crippen LogP contribution in [0.3, 0.4) is 0 Å². The van der Waals surface area contributed by atoms with E-state index in [1.54, 1.807) is 4.68 Å². The van der Waals surface area contributed by atoms with E-state index < -0.39 is 0 Å². The van der Waals surface area contributed by atoms with Crippen molar-refractivity contribution in [2.45, 2.75) is 26.8 Å². The summed E-state index contributed by atoms with van der Waals surface area (Å²) in [5.41, 5.74) is 1.09. The standard InChI is InChI=1S/C20H23N5O2/c1-14-8-15(2)11-23(10-14)18(26)12-24-13-21-19-17(20(24)27)9-22-25(19)16-6-4-3-5-7-16/h3-7,9,13-15H,8,10-12H2,1-2H3/t14-,15-/m1/s1. The molecule has 0 radical (unpaired) electrons. The van der Waals surface area contributed by atoms with Crippen molar-refractivity contribution in [3.8, 4) is 5.69 Å². The summed E-state index contributed by atoms with van der Waals surface area (Å²) in [7, 11) is 0. The lowest BCUT2D eigenvalue weighted by Gasteiger charge is -2.35. The van der Waals surface area contributed by atoms with Gasteiger partial charge in [-0.3, -0.25) is 14.2 Å². The van der Waals surface area contributed by atoms with Crippen LogP contribution in [0.2, 0.25) is 0 Å². The van der Waals surface area contributed by atoms with Crippen LogP contribution in [0.15, 0.2) is 47.7 Å². The molecule has 1 fully saturated rings. The maximum atomic E-state index is 12.8. The van der Waals surface area contributed by atoms with Crippen LogP contribution in [0.1, 0.15) is 20.3 Å². The first kappa shape index (κ1) is 17.5. The molecular weight excluding hydrogens is 342 g/mol. The van der Waals surface area contributed by atoms with Crippen LogP contribution >= 0.6 is 0 Å². The zero-order valence-corrected chi connectivity index (χ0v) is 15.6. The van der Waals surface area contributed by atoms with Gasteiger partial charge in [0.05, 0.1) is 11.9 Å². The minimum atomic E-state index is -0.242. The maximum Gasteiger partial charge on any atom is 0.264 e. The van der Waals surface area contributed by atoms with Crippen molar-refractivity contribution < 1.29 is 4.79 Å². The third-order valence-corrected chi connectivity index (χ3v) is 5.08. The number of aromatic nitrogens is 4. The molecule has 7 nitrogen and oxygen atoms in total. The summed E-state index contributed by atoms with van der Waals surface area (Å²) in [6, 6.07) is 9.54. The van der Waals surface area contributed by atoms with E-state index in [2.05, 4.69) is 23.9 Å². The maximum absolute atomic E-state index is 12.8. The highest BCUT2D eigenvalue weighted by Crippen LogP contribution is 2.21. The average Bonchev–Trinajstić information content (AvgIpc) is 3.09. The summed E-state index contributed by atoms with van der Waals surface area (Å²) < 4.78 is 3.02. The van der Waals surface area contributed by atoms with Gasteiger partial charge in [0.15, 0.2) is 5.65 Å². The molecule has 1 saturated heterocycles. The number of para-hydroxylation sites is 1. The topological polar surface area (TPSA) is 73.0 Å². The number of amides is 1. The molecule has 4 rings (SSSR count).